The molecule has 1 aromatic carbocycles. The lowest BCUT2D eigenvalue weighted by molar-refractivity contribution is 0.304. The van der Waals surface area contributed by atoms with Crippen molar-refractivity contribution in [2.45, 2.75) is 25.7 Å². The number of benzene rings is 1. The number of hydrogen-bond acceptors (Lipinski definition) is 3. The zero-order valence-electron chi connectivity index (χ0n) is 11.4. The highest BCUT2D eigenvalue weighted by Crippen LogP contribution is 2.35. The molecule has 2 aromatic rings. The molecular formula is C16H20N2O. The predicted molar refractivity (Wildman–Crippen MR) is 78.7 cm³/mol. The van der Waals surface area contributed by atoms with Gasteiger partial charge in [0.2, 0.25) is 0 Å². The van der Waals surface area contributed by atoms with Crippen molar-refractivity contribution in [3.05, 3.63) is 35.5 Å². The van der Waals surface area contributed by atoms with E-state index in [0.717, 1.165) is 18.4 Å². The number of pyridine rings is 1. The van der Waals surface area contributed by atoms with Gasteiger partial charge in [-0.1, -0.05) is 18.2 Å². The highest BCUT2D eigenvalue weighted by Gasteiger charge is 2.19. The van der Waals surface area contributed by atoms with Crippen LogP contribution in [0.1, 0.15) is 24.1 Å². The van der Waals surface area contributed by atoms with E-state index in [0.29, 0.717) is 6.54 Å². The molecule has 0 radical (unpaired) electrons. The van der Waals surface area contributed by atoms with Crippen molar-refractivity contribution in [2.24, 2.45) is 0 Å². The van der Waals surface area contributed by atoms with Crippen molar-refractivity contribution < 1.29 is 5.11 Å². The standard InChI is InChI=1S/C16H20N2O/c1-18(10-11-19)16-12-6-2-4-8-14(12)17-15-9-5-3-7-13(15)16/h2,4,6,8,19H,3,5,7,9-11H2,1H3. The number of hydrogen-bond donors (Lipinski definition) is 1. The van der Waals surface area contributed by atoms with Crippen LogP contribution in [-0.4, -0.2) is 30.3 Å². The lowest BCUT2D eigenvalue weighted by atomic mass is 9.92. The second kappa shape index (κ2) is 5.17. The molecule has 0 aliphatic heterocycles. The van der Waals surface area contributed by atoms with Gasteiger partial charge >= 0.3 is 0 Å². The minimum atomic E-state index is 0.182. The normalized spacial score (nSPS) is 14.4. The first-order valence-electron chi connectivity index (χ1n) is 7.03. The van der Waals surface area contributed by atoms with Crippen molar-refractivity contribution >= 4 is 16.6 Å². The van der Waals surface area contributed by atoms with Crippen LogP contribution in [0.5, 0.6) is 0 Å². The molecule has 0 saturated carbocycles. The third-order valence-electron chi connectivity index (χ3n) is 3.96. The number of para-hydroxylation sites is 1. The van der Waals surface area contributed by atoms with Crippen LogP contribution in [0.4, 0.5) is 5.69 Å². The minimum Gasteiger partial charge on any atom is -0.395 e. The quantitative estimate of drug-likeness (QED) is 0.917. The number of anilines is 1. The van der Waals surface area contributed by atoms with Crippen LogP contribution < -0.4 is 4.90 Å². The molecule has 0 atom stereocenters. The van der Waals surface area contributed by atoms with E-state index in [2.05, 4.69) is 30.1 Å². The zero-order chi connectivity index (χ0) is 13.2. The Hall–Kier alpha value is -1.61. The molecule has 0 amide bonds. The highest BCUT2D eigenvalue weighted by atomic mass is 16.3. The van der Waals surface area contributed by atoms with Crippen molar-refractivity contribution in [1.29, 1.82) is 0 Å². The third-order valence-corrected chi connectivity index (χ3v) is 3.96. The van der Waals surface area contributed by atoms with Gasteiger partial charge in [0, 0.05) is 24.7 Å². The van der Waals surface area contributed by atoms with Gasteiger partial charge in [-0.2, -0.15) is 0 Å². The Morgan fingerprint density at radius 2 is 2.00 bits per heavy atom. The maximum absolute atomic E-state index is 9.22. The van der Waals surface area contributed by atoms with Gasteiger partial charge in [0.05, 0.1) is 17.8 Å². The average molecular weight is 256 g/mol. The lowest BCUT2D eigenvalue weighted by Gasteiger charge is -2.27. The van der Waals surface area contributed by atoms with E-state index in [-0.39, 0.29) is 6.61 Å². The van der Waals surface area contributed by atoms with E-state index in [1.807, 2.05) is 6.07 Å². The number of nitrogens with zero attached hydrogens (tertiary/aromatic N) is 2. The number of aliphatic hydroxyl groups excluding tert-OH is 1. The van der Waals surface area contributed by atoms with Crippen LogP contribution in [0.25, 0.3) is 10.9 Å². The van der Waals surface area contributed by atoms with Crippen LogP contribution in [0.15, 0.2) is 24.3 Å². The molecule has 1 heterocycles. The Balaban J connectivity index is 2.24. The zero-order valence-corrected chi connectivity index (χ0v) is 11.4. The van der Waals surface area contributed by atoms with E-state index in [9.17, 15) is 5.11 Å². The molecule has 0 fully saturated rings. The van der Waals surface area contributed by atoms with Gasteiger partial charge in [-0.25, -0.2) is 0 Å². The molecule has 3 nitrogen and oxygen atoms in total. The molecule has 1 aliphatic carbocycles. The fourth-order valence-corrected chi connectivity index (χ4v) is 3.05. The van der Waals surface area contributed by atoms with E-state index in [1.165, 1.54) is 35.2 Å². The summed E-state index contributed by atoms with van der Waals surface area (Å²) in [6.07, 6.45) is 4.67. The van der Waals surface area contributed by atoms with Crippen LogP contribution >= 0.6 is 0 Å². The van der Waals surface area contributed by atoms with Gasteiger partial charge in [0.1, 0.15) is 0 Å². The van der Waals surface area contributed by atoms with Crippen LogP contribution in [0.3, 0.4) is 0 Å². The predicted octanol–water partition coefficient (Wildman–Crippen LogP) is 2.54. The third kappa shape index (κ3) is 2.19. The summed E-state index contributed by atoms with van der Waals surface area (Å²) >= 11 is 0. The SMILES string of the molecule is CN(CCO)c1c2c(nc3ccccc13)CCCC2. The lowest BCUT2D eigenvalue weighted by Crippen LogP contribution is -2.24. The van der Waals surface area contributed by atoms with Gasteiger partial charge in [0.15, 0.2) is 0 Å². The molecule has 0 unspecified atom stereocenters. The summed E-state index contributed by atoms with van der Waals surface area (Å²) in [4.78, 5) is 7.00. The van der Waals surface area contributed by atoms with Gasteiger partial charge in [0.25, 0.3) is 0 Å². The van der Waals surface area contributed by atoms with Crippen LogP contribution in [0, 0.1) is 0 Å². The smallest absolute Gasteiger partial charge is 0.0726 e. The average Bonchev–Trinajstić information content (AvgIpc) is 2.44. The molecule has 0 bridgehead atoms. The van der Waals surface area contributed by atoms with Crippen molar-refractivity contribution in [3.63, 3.8) is 0 Å². The minimum absolute atomic E-state index is 0.182. The Morgan fingerprint density at radius 3 is 2.84 bits per heavy atom. The molecule has 19 heavy (non-hydrogen) atoms. The maximum atomic E-state index is 9.22. The number of rotatable bonds is 3. The first-order valence-corrected chi connectivity index (χ1v) is 7.03. The van der Waals surface area contributed by atoms with Crippen molar-refractivity contribution in [3.8, 4) is 0 Å². The summed E-state index contributed by atoms with van der Waals surface area (Å²) in [5.74, 6) is 0. The number of aliphatic hydroxyl groups is 1. The van der Waals surface area contributed by atoms with Crippen LogP contribution in [-0.2, 0) is 12.8 Å². The largest absolute Gasteiger partial charge is 0.395 e. The highest BCUT2D eigenvalue weighted by molar-refractivity contribution is 5.94. The molecule has 0 saturated heterocycles. The molecule has 1 N–H and O–H groups in total. The second-order valence-corrected chi connectivity index (χ2v) is 5.26. The van der Waals surface area contributed by atoms with Crippen molar-refractivity contribution in [1.82, 2.24) is 4.98 Å². The topological polar surface area (TPSA) is 36.4 Å². The van der Waals surface area contributed by atoms with E-state index in [4.69, 9.17) is 4.98 Å². The second-order valence-electron chi connectivity index (χ2n) is 5.26. The summed E-state index contributed by atoms with van der Waals surface area (Å²) in [5, 5.41) is 10.4. The van der Waals surface area contributed by atoms with E-state index < -0.39 is 0 Å². The van der Waals surface area contributed by atoms with Crippen molar-refractivity contribution in [2.75, 3.05) is 25.1 Å². The molecule has 100 valence electrons. The summed E-state index contributed by atoms with van der Waals surface area (Å²) in [5.41, 5.74) is 4.99. The molecule has 1 aromatic heterocycles. The van der Waals surface area contributed by atoms with Gasteiger partial charge in [-0.05, 0) is 37.3 Å². The fourth-order valence-electron chi connectivity index (χ4n) is 3.05. The Labute approximate surface area is 113 Å². The molecular weight excluding hydrogens is 236 g/mol. The first-order chi connectivity index (χ1) is 9.31. The Morgan fingerprint density at radius 1 is 1.21 bits per heavy atom. The van der Waals surface area contributed by atoms with E-state index >= 15 is 0 Å². The monoisotopic (exact) mass is 256 g/mol. The van der Waals surface area contributed by atoms with E-state index in [1.54, 1.807) is 0 Å². The summed E-state index contributed by atoms with van der Waals surface area (Å²) in [6, 6.07) is 8.33. The first kappa shape index (κ1) is 12.4. The van der Waals surface area contributed by atoms with Gasteiger partial charge in [-0.3, -0.25) is 4.98 Å². The number of likely N-dealkylation sites (N-methyl/N-ethyl adjacent to an activating group) is 1. The molecule has 3 rings (SSSR count). The molecule has 3 heteroatoms. The molecule has 0 spiro atoms. The summed E-state index contributed by atoms with van der Waals surface area (Å²) in [7, 11) is 2.06. The van der Waals surface area contributed by atoms with Crippen LogP contribution in [0.2, 0.25) is 0 Å². The fraction of sp³-hybridized carbons (Fsp3) is 0.438. The number of fused-ring (bicyclic) bond motifs is 2. The number of aryl methyl sites for hydroxylation is 1. The van der Waals surface area contributed by atoms with Gasteiger partial charge < -0.3 is 10.0 Å². The molecule has 1 aliphatic rings. The number of aromatic nitrogens is 1. The van der Waals surface area contributed by atoms with Gasteiger partial charge in [-0.15, -0.1) is 0 Å². The Bertz CT molecular complexity index is 595. The summed E-state index contributed by atoms with van der Waals surface area (Å²) in [6.45, 7) is 0.850. The maximum Gasteiger partial charge on any atom is 0.0726 e. The summed E-state index contributed by atoms with van der Waals surface area (Å²) < 4.78 is 0. The Kier molecular flexibility index (Phi) is 3.38.